The van der Waals surface area contributed by atoms with Crippen LogP contribution in [0.3, 0.4) is 0 Å². The van der Waals surface area contributed by atoms with E-state index < -0.39 is 25.4 Å². The third-order valence-corrected chi connectivity index (χ3v) is 21.1. The van der Waals surface area contributed by atoms with E-state index in [9.17, 15) is 0 Å². The Morgan fingerprint density at radius 3 is 0.387 bits per heavy atom. The quantitative estimate of drug-likeness (QED) is 0.0565. The van der Waals surface area contributed by atoms with E-state index >= 15 is 0 Å². The standard InChI is InChI=1S/C102H159O3P/c1-88(2,3)58-70-40-46-82(76(52-70)64-94(19,20)21)100(37,83-47-41-71(59-89(4,5)6)53-77(83)65-95(22,23)24)103-106(104-101(38,84-48-42-72(60-90(7,8)9)54-78(84)66-96(25,26)27)85-49-43-73(61-91(10,11)12)55-79(85)67-97(28,29)30)105-102(39,86-50-44-74(62-92(13,14)15)56-80(86)68-98(31,32)33)87-51-45-75(63-93(16,17)18)57-81(87)69-99(34,35)36/h40-57H,58-69H2,1-39H3. The maximum atomic E-state index is 9.02. The van der Waals surface area contributed by atoms with Crippen molar-refractivity contribution in [1.82, 2.24) is 0 Å². The molecular weight excluding hydrogens is 1300 g/mol. The van der Waals surface area contributed by atoms with Crippen LogP contribution in [0, 0.1) is 65.0 Å². The molecule has 0 bridgehead atoms. The molecule has 4 heteroatoms. The normalized spacial score (nSPS) is 14.3. The van der Waals surface area contributed by atoms with Gasteiger partial charge in [-0.2, -0.15) is 0 Å². The minimum Gasteiger partial charge on any atom is -0.296 e. The molecule has 0 unspecified atom stereocenters. The molecule has 0 spiro atoms. The van der Waals surface area contributed by atoms with Crippen molar-refractivity contribution in [2.24, 2.45) is 65.0 Å². The van der Waals surface area contributed by atoms with Gasteiger partial charge in [-0.3, -0.25) is 13.6 Å². The van der Waals surface area contributed by atoms with Gasteiger partial charge in [0, 0.05) is 0 Å². The molecule has 0 amide bonds. The number of hydrogen-bond acceptors (Lipinski definition) is 3. The van der Waals surface area contributed by atoms with Crippen molar-refractivity contribution in [3.8, 4) is 0 Å². The molecule has 0 aromatic heterocycles. The Bertz CT molecular complexity index is 3260. The van der Waals surface area contributed by atoms with Gasteiger partial charge in [-0.1, -0.05) is 358 Å². The summed E-state index contributed by atoms with van der Waals surface area (Å²) in [5.41, 5.74) is 19.2. The SMILES string of the molecule is CC(C)(C)Cc1ccc(C(C)(OP(OC(C)(c2ccc(CC(C)(C)C)cc2CC(C)(C)C)c2ccc(CC(C)(C)C)cc2CC(C)(C)C)OC(C)(c2ccc(CC(C)(C)C)cc2CC(C)(C)C)c2ccc(CC(C)(C)C)cc2CC(C)(C)C)c2ccc(CC(C)(C)C)cc2CC(C)(C)C)c(CC(C)(C)C)c1. The first-order valence-electron chi connectivity index (χ1n) is 41.1. The van der Waals surface area contributed by atoms with Crippen molar-refractivity contribution in [2.75, 3.05) is 0 Å². The zero-order valence-electron chi connectivity index (χ0n) is 76.0. The number of benzene rings is 6. The van der Waals surface area contributed by atoms with Gasteiger partial charge in [-0.25, -0.2) is 0 Å². The van der Waals surface area contributed by atoms with Gasteiger partial charge in [0.1, 0.15) is 16.8 Å². The van der Waals surface area contributed by atoms with Gasteiger partial charge in [0.15, 0.2) is 0 Å². The lowest BCUT2D eigenvalue weighted by atomic mass is 9.74. The van der Waals surface area contributed by atoms with Gasteiger partial charge in [0.25, 0.3) is 0 Å². The summed E-state index contributed by atoms with van der Waals surface area (Å²) < 4.78 is 27.1. The van der Waals surface area contributed by atoms with E-state index in [1.54, 1.807) is 0 Å². The lowest BCUT2D eigenvalue weighted by Gasteiger charge is -2.45. The molecule has 0 saturated heterocycles. The molecule has 6 aromatic carbocycles. The summed E-state index contributed by atoms with van der Waals surface area (Å²) >= 11 is 0. The molecule has 0 heterocycles. The third-order valence-electron chi connectivity index (χ3n) is 19.6. The zero-order chi connectivity index (χ0) is 80.8. The Morgan fingerprint density at radius 1 is 0.170 bits per heavy atom. The van der Waals surface area contributed by atoms with Gasteiger partial charge >= 0.3 is 8.60 Å². The van der Waals surface area contributed by atoms with Crippen LogP contribution in [-0.4, -0.2) is 0 Å². The van der Waals surface area contributed by atoms with Crippen LogP contribution < -0.4 is 0 Å². The Labute approximate surface area is 656 Å². The van der Waals surface area contributed by atoms with Crippen molar-refractivity contribution in [3.05, 3.63) is 209 Å². The van der Waals surface area contributed by atoms with Crippen molar-refractivity contribution >= 4 is 8.60 Å². The van der Waals surface area contributed by atoms with Crippen LogP contribution in [0.4, 0.5) is 0 Å². The summed E-state index contributed by atoms with van der Waals surface area (Å²) in [6.45, 7) is 93.2. The van der Waals surface area contributed by atoms with Crippen molar-refractivity contribution in [3.63, 3.8) is 0 Å². The predicted molar refractivity (Wildman–Crippen MR) is 466 cm³/mol. The van der Waals surface area contributed by atoms with Gasteiger partial charge in [-0.15, -0.1) is 0 Å². The minimum atomic E-state index is -2.52. The Morgan fingerprint density at radius 2 is 0.283 bits per heavy atom. The molecule has 0 aliphatic carbocycles. The predicted octanol–water partition coefficient (Wildman–Crippen LogP) is 30.2. The second-order valence-corrected chi connectivity index (χ2v) is 49.4. The largest absolute Gasteiger partial charge is 0.336 e. The third kappa shape index (κ3) is 28.4. The molecular formula is C102H159O3P. The fourth-order valence-electron chi connectivity index (χ4n) is 16.5. The highest BCUT2D eigenvalue weighted by atomic mass is 31.2. The molecule has 0 fully saturated rings. The van der Waals surface area contributed by atoms with Crippen LogP contribution in [-0.2, 0) is 107 Å². The average molecular weight is 1460 g/mol. The summed E-state index contributed by atoms with van der Waals surface area (Å²) in [5, 5.41) is 0. The van der Waals surface area contributed by atoms with E-state index in [1.807, 2.05) is 0 Å². The highest BCUT2D eigenvalue weighted by Gasteiger charge is 2.49. The summed E-state index contributed by atoms with van der Waals surface area (Å²) in [7, 11) is -2.52. The molecule has 0 radical (unpaired) electrons. The van der Waals surface area contributed by atoms with E-state index in [-0.39, 0.29) is 65.0 Å². The van der Waals surface area contributed by atoms with E-state index in [0.29, 0.717) is 0 Å². The van der Waals surface area contributed by atoms with Crippen LogP contribution in [0.1, 0.15) is 370 Å². The van der Waals surface area contributed by atoms with Crippen LogP contribution in [0.2, 0.25) is 0 Å². The zero-order valence-corrected chi connectivity index (χ0v) is 76.9. The van der Waals surface area contributed by atoms with Crippen LogP contribution in [0.25, 0.3) is 0 Å². The fourth-order valence-corrected chi connectivity index (χ4v) is 18.1. The van der Waals surface area contributed by atoms with Gasteiger partial charge in [0.2, 0.25) is 0 Å². The van der Waals surface area contributed by atoms with Crippen LogP contribution >= 0.6 is 8.60 Å². The molecule has 0 N–H and O–H groups in total. The van der Waals surface area contributed by atoms with Crippen LogP contribution in [0.15, 0.2) is 109 Å². The lowest BCUT2D eigenvalue weighted by molar-refractivity contribution is -0.00178. The first-order valence-corrected chi connectivity index (χ1v) is 42.2. The fraction of sp³-hybridized carbons (Fsp3) is 0.647. The molecule has 3 nitrogen and oxygen atoms in total. The molecule has 0 saturated carbocycles. The molecule has 0 aliphatic heterocycles. The summed E-state index contributed by atoms with van der Waals surface area (Å²) in [4.78, 5) is 0. The smallest absolute Gasteiger partial charge is 0.296 e. The van der Waals surface area contributed by atoms with Gasteiger partial charge in [0.05, 0.1) is 0 Å². The lowest BCUT2D eigenvalue weighted by Crippen LogP contribution is -2.37. The topological polar surface area (TPSA) is 27.7 Å². The van der Waals surface area contributed by atoms with Gasteiger partial charge in [-0.05, 0) is 263 Å². The second kappa shape index (κ2) is 32.4. The monoisotopic (exact) mass is 1460 g/mol. The molecule has 6 aromatic rings. The minimum absolute atomic E-state index is 0.0646. The summed E-state index contributed by atoms with van der Waals surface area (Å²) in [5.74, 6) is 0. The maximum Gasteiger partial charge on any atom is 0.336 e. The summed E-state index contributed by atoms with van der Waals surface area (Å²) in [6, 6.07) is 44.7. The average Bonchev–Trinajstić information content (AvgIpc) is 0.740. The first-order chi connectivity index (χ1) is 47.5. The van der Waals surface area contributed by atoms with E-state index in [4.69, 9.17) is 13.6 Å². The number of hydrogen-bond donors (Lipinski definition) is 0. The summed E-state index contributed by atoms with van der Waals surface area (Å²) in [6.07, 6.45) is 10.7. The molecule has 0 atom stereocenters. The van der Waals surface area contributed by atoms with E-state index in [1.165, 1.54) is 66.8 Å². The van der Waals surface area contributed by atoms with Crippen LogP contribution in [0.5, 0.6) is 0 Å². The van der Waals surface area contributed by atoms with Crippen molar-refractivity contribution < 1.29 is 13.6 Å². The first kappa shape index (κ1) is 90.5. The van der Waals surface area contributed by atoms with Crippen molar-refractivity contribution in [1.29, 1.82) is 0 Å². The van der Waals surface area contributed by atoms with E-state index in [2.05, 4.69) is 379 Å². The van der Waals surface area contributed by atoms with Crippen molar-refractivity contribution in [2.45, 2.75) is 364 Å². The Hall–Kier alpha value is -4.37. The van der Waals surface area contributed by atoms with Gasteiger partial charge < -0.3 is 0 Å². The maximum absolute atomic E-state index is 9.02. The molecule has 106 heavy (non-hydrogen) atoms. The Balaban J connectivity index is 2.03. The molecule has 6 rings (SSSR count). The second-order valence-electron chi connectivity index (χ2n) is 48.4. The number of rotatable bonds is 24. The highest BCUT2D eigenvalue weighted by Crippen LogP contribution is 2.62. The van der Waals surface area contributed by atoms with E-state index in [0.717, 1.165) is 110 Å². The molecule has 590 valence electrons. The highest BCUT2D eigenvalue weighted by molar-refractivity contribution is 7.41. The molecule has 0 aliphatic rings. The Kier molecular flexibility index (Phi) is 27.7.